The van der Waals surface area contributed by atoms with Crippen LogP contribution in [0.5, 0.6) is 0 Å². The first-order valence-electron chi connectivity index (χ1n) is 7.45. The summed E-state index contributed by atoms with van der Waals surface area (Å²) < 4.78 is 5.13. The largest absolute Gasteiger partial charge is 0.466 e. The van der Waals surface area contributed by atoms with Gasteiger partial charge in [0.05, 0.1) is 18.6 Å². The maximum Gasteiger partial charge on any atom is 0.313 e. The number of halogens is 1. The highest BCUT2D eigenvalue weighted by Gasteiger charge is 2.32. The molecule has 1 heterocycles. The molecule has 0 saturated carbocycles. The Morgan fingerprint density at radius 2 is 2.05 bits per heavy atom. The van der Waals surface area contributed by atoms with E-state index in [1.807, 2.05) is 6.07 Å². The molecule has 0 aromatic heterocycles. The summed E-state index contributed by atoms with van der Waals surface area (Å²) in [6.45, 7) is 4.51. The molecule has 116 valence electrons. The van der Waals surface area contributed by atoms with Crippen LogP contribution in [0.1, 0.15) is 31.4 Å². The smallest absolute Gasteiger partial charge is 0.313 e. The van der Waals surface area contributed by atoms with Crippen LogP contribution in [-0.2, 0) is 9.53 Å². The molecule has 1 N–H and O–H groups in total. The molecule has 4 nitrogen and oxygen atoms in total. The first-order chi connectivity index (χ1) is 10.1. The number of hydrogen-bond donors (Lipinski definition) is 1. The normalized spacial score (nSPS) is 18.4. The van der Waals surface area contributed by atoms with Crippen molar-refractivity contribution in [2.45, 2.75) is 25.9 Å². The van der Waals surface area contributed by atoms with Crippen molar-refractivity contribution >= 4 is 17.6 Å². The molecule has 1 aromatic rings. The van der Waals surface area contributed by atoms with Crippen LogP contribution in [0.4, 0.5) is 0 Å². The van der Waals surface area contributed by atoms with Crippen LogP contribution in [0.2, 0.25) is 5.02 Å². The van der Waals surface area contributed by atoms with Crippen molar-refractivity contribution in [3.05, 3.63) is 34.9 Å². The predicted octanol–water partition coefficient (Wildman–Crippen LogP) is 2.65. The average molecular weight is 312 g/mol. The zero-order chi connectivity index (χ0) is 15.2. The SMILES string of the molecule is CCOC(=O)[C@H](CN1CCCC1)[C@H](O)c1ccccc1Cl. The number of benzene rings is 1. The highest BCUT2D eigenvalue weighted by atomic mass is 35.5. The van der Waals surface area contributed by atoms with E-state index in [0.29, 0.717) is 23.7 Å². The van der Waals surface area contributed by atoms with Gasteiger partial charge in [0, 0.05) is 17.1 Å². The number of hydrogen-bond acceptors (Lipinski definition) is 4. The summed E-state index contributed by atoms with van der Waals surface area (Å²) in [6, 6.07) is 7.09. The van der Waals surface area contributed by atoms with Crippen molar-refractivity contribution in [3.8, 4) is 0 Å². The number of carbonyl (C=O) groups excluding carboxylic acids is 1. The fourth-order valence-corrected chi connectivity index (χ4v) is 2.98. The van der Waals surface area contributed by atoms with E-state index in [4.69, 9.17) is 16.3 Å². The second-order valence-corrected chi connectivity index (χ2v) is 5.74. The number of carbonyl (C=O) groups is 1. The molecule has 1 aromatic carbocycles. The molecular weight excluding hydrogens is 290 g/mol. The second kappa shape index (κ2) is 7.78. The fraction of sp³-hybridized carbons (Fsp3) is 0.562. The van der Waals surface area contributed by atoms with Gasteiger partial charge in [-0.2, -0.15) is 0 Å². The lowest BCUT2D eigenvalue weighted by Gasteiger charge is -2.26. The minimum Gasteiger partial charge on any atom is -0.466 e. The number of aliphatic hydroxyl groups is 1. The monoisotopic (exact) mass is 311 g/mol. The van der Waals surface area contributed by atoms with Crippen LogP contribution in [0.3, 0.4) is 0 Å². The van der Waals surface area contributed by atoms with Crippen molar-refractivity contribution < 1.29 is 14.6 Å². The van der Waals surface area contributed by atoms with Crippen molar-refractivity contribution in [2.75, 3.05) is 26.2 Å². The van der Waals surface area contributed by atoms with Crippen LogP contribution >= 0.6 is 11.6 Å². The Bertz CT molecular complexity index is 474. The van der Waals surface area contributed by atoms with Gasteiger partial charge >= 0.3 is 5.97 Å². The van der Waals surface area contributed by atoms with Gasteiger partial charge in [-0.1, -0.05) is 29.8 Å². The van der Waals surface area contributed by atoms with Crippen LogP contribution in [0.25, 0.3) is 0 Å². The van der Waals surface area contributed by atoms with Crippen LogP contribution < -0.4 is 0 Å². The lowest BCUT2D eigenvalue weighted by molar-refractivity contribution is -0.153. The molecule has 0 aliphatic carbocycles. The Balaban J connectivity index is 2.16. The van der Waals surface area contributed by atoms with Gasteiger partial charge in [-0.25, -0.2) is 0 Å². The third-order valence-electron chi connectivity index (χ3n) is 3.85. The third-order valence-corrected chi connectivity index (χ3v) is 4.19. The minimum absolute atomic E-state index is 0.310. The molecule has 2 atom stereocenters. The van der Waals surface area contributed by atoms with Gasteiger partial charge in [0.25, 0.3) is 0 Å². The first kappa shape index (κ1) is 16.3. The number of likely N-dealkylation sites (tertiary alicyclic amines) is 1. The molecule has 1 saturated heterocycles. The summed E-state index contributed by atoms with van der Waals surface area (Å²) in [5.41, 5.74) is 0.580. The van der Waals surface area contributed by atoms with E-state index in [2.05, 4.69) is 4.90 Å². The average Bonchev–Trinajstić information content (AvgIpc) is 2.98. The zero-order valence-electron chi connectivity index (χ0n) is 12.3. The lowest BCUT2D eigenvalue weighted by Crippen LogP contribution is -2.36. The number of aliphatic hydroxyl groups excluding tert-OH is 1. The van der Waals surface area contributed by atoms with Crippen molar-refractivity contribution in [3.63, 3.8) is 0 Å². The van der Waals surface area contributed by atoms with E-state index in [0.717, 1.165) is 25.9 Å². The summed E-state index contributed by atoms with van der Waals surface area (Å²) in [4.78, 5) is 14.4. The fourth-order valence-electron chi connectivity index (χ4n) is 2.73. The highest BCUT2D eigenvalue weighted by molar-refractivity contribution is 6.31. The van der Waals surface area contributed by atoms with Gasteiger partial charge in [0.15, 0.2) is 0 Å². The van der Waals surface area contributed by atoms with Crippen LogP contribution in [0, 0.1) is 5.92 Å². The molecule has 0 spiro atoms. The molecule has 0 amide bonds. The Kier molecular flexibility index (Phi) is 6.03. The highest BCUT2D eigenvalue weighted by Crippen LogP contribution is 2.30. The van der Waals surface area contributed by atoms with Gasteiger partial charge in [0.2, 0.25) is 0 Å². The Labute approximate surface area is 130 Å². The van der Waals surface area contributed by atoms with Crippen molar-refractivity contribution in [2.24, 2.45) is 5.92 Å². The van der Waals surface area contributed by atoms with Gasteiger partial charge in [0.1, 0.15) is 0 Å². The van der Waals surface area contributed by atoms with E-state index < -0.39 is 12.0 Å². The van der Waals surface area contributed by atoms with Gasteiger partial charge in [-0.15, -0.1) is 0 Å². The van der Waals surface area contributed by atoms with E-state index in [-0.39, 0.29) is 5.97 Å². The van der Waals surface area contributed by atoms with Crippen molar-refractivity contribution in [1.82, 2.24) is 4.90 Å². The molecule has 0 unspecified atom stereocenters. The third kappa shape index (κ3) is 4.19. The van der Waals surface area contributed by atoms with E-state index in [1.54, 1.807) is 25.1 Å². The lowest BCUT2D eigenvalue weighted by atomic mass is 9.95. The molecule has 21 heavy (non-hydrogen) atoms. The second-order valence-electron chi connectivity index (χ2n) is 5.33. The summed E-state index contributed by atoms with van der Waals surface area (Å²) in [5.74, 6) is -0.972. The molecule has 5 heteroatoms. The van der Waals surface area contributed by atoms with Gasteiger partial charge < -0.3 is 14.7 Å². The van der Waals surface area contributed by atoms with Gasteiger partial charge in [-0.3, -0.25) is 4.79 Å². The number of rotatable bonds is 6. The molecule has 1 aliphatic heterocycles. The van der Waals surface area contributed by atoms with Crippen molar-refractivity contribution in [1.29, 1.82) is 0 Å². The predicted molar refractivity (Wildman–Crippen MR) is 82.2 cm³/mol. The van der Waals surface area contributed by atoms with E-state index in [9.17, 15) is 9.90 Å². The summed E-state index contributed by atoms with van der Waals surface area (Å²) in [5, 5.41) is 11.1. The standard InChI is InChI=1S/C16H22ClNO3/c1-2-21-16(20)13(11-18-9-5-6-10-18)15(19)12-7-3-4-8-14(12)17/h3-4,7-8,13,15,19H,2,5-6,9-11H2,1H3/t13-,15-/m1/s1. The molecule has 1 aliphatic rings. The summed E-state index contributed by atoms with van der Waals surface area (Å²) >= 11 is 6.14. The van der Waals surface area contributed by atoms with Gasteiger partial charge in [-0.05, 0) is 38.9 Å². The Morgan fingerprint density at radius 3 is 2.67 bits per heavy atom. The zero-order valence-corrected chi connectivity index (χ0v) is 13.1. The minimum atomic E-state index is -0.946. The topological polar surface area (TPSA) is 49.8 Å². The van der Waals surface area contributed by atoms with Crippen LogP contribution in [0.15, 0.2) is 24.3 Å². The molecule has 0 radical (unpaired) electrons. The maximum atomic E-state index is 12.2. The Hall–Kier alpha value is -1.10. The first-order valence-corrected chi connectivity index (χ1v) is 7.82. The number of nitrogens with zero attached hydrogens (tertiary/aromatic N) is 1. The molecule has 0 bridgehead atoms. The van der Waals surface area contributed by atoms with E-state index in [1.165, 1.54) is 0 Å². The van der Waals surface area contributed by atoms with E-state index >= 15 is 0 Å². The molecule has 1 fully saturated rings. The molecular formula is C16H22ClNO3. The number of ether oxygens (including phenoxy) is 1. The summed E-state index contributed by atoms with van der Waals surface area (Å²) in [7, 11) is 0. The number of esters is 1. The Morgan fingerprint density at radius 1 is 1.38 bits per heavy atom. The quantitative estimate of drug-likeness (QED) is 0.821. The van der Waals surface area contributed by atoms with Crippen LogP contribution in [-0.4, -0.2) is 42.2 Å². The maximum absolute atomic E-state index is 12.2. The molecule has 2 rings (SSSR count). The summed E-state index contributed by atoms with van der Waals surface area (Å²) in [6.07, 6.45) is 1.33.